The number of hydrazine groups is 1. The van der Waals surface area contributed by atoms with Gasteiger partial charge >= 0.3 is 0 Å². The molecule has 1 heterocycles. The summed E-state index contributed by atoms with van der Waals surface area (Å²) in [6, 6.07) is 4.02. The van der Waals surface area contributed by atoms with E-state index >= 15 is 0 Å². The van der Waals surface area contributed by atoms with E-state index in [2.05, 4.69) is 33.6 Å². The van der Waals surface area contributed by atoms with Crippen molar-refractivity contribution in [3.8, 4) is 0 Å². The van der Waals surface area contributed by atoms with E-state index in [1.807, 2.05) is 12.1 Å². The zero-order valence-corrected chi connectivity index (χ0v) is 12.7. The first-order valence-corrected chi connectivity index (χ1v) is 7.35. The van der Waals surface area contributed by atoms with Gasteiger partial charge in [0.05, 0.1) is 12.8 Å². The summed E-state index contributed by atoms with van der Waals surface area (Å²) >= 11 is 10.3. The maximum absolute atomic E-state index is 5.19. The highest BCUT2D eigenvalue weighted by Gasteiger charge is 2.09. The third-order valence-electron chi connectivity index (χ3n) is 2.86. The third kappa shape index (κ3) is 5.18. The van der Waals surface area contributed by atoms with Crippen molar-refractivity contribution in [2.75, 3.05) is 0 Å². The van der Waals surface area contributed by atoms with Gasteiger partial charge in [-0.15, -0.1) is 0 Å². The number of rotatable bonds is 3. The molecule has 1 aliphatic carbocycles. The van der Waals surface area contributed by atoms with E-state index in [9.17, 15) is 0 Å². The third-order valence-corrected chi connectivity index (χ3v) is 3.33. The van der Waals surface area contributed by atoms with E-state index in [4.69, 9.17) is 28.9 Å². The average molecular weight is 310 g/mol. The Bertz CT molecular complexity index is 473. The minimum atomic E-state index is 0.301. The Morgan fingerprint density at radius 3 is 2.85 bits per heavy atom. The Morgan fingerprint density at radius 2 is 2.15 bits per heavy atom. The highest BCUT2D eigenvalue weighted by atomic mass is 32.1. The summed E-state index contributed by atoms with van der Waals surface area (Å²) in [5, 5.41) is 7.21. The van der Waals surface area contributed by atoms with Gasteiger partial charge in [-0.25, -0.2) is 0 Å². The standard InChI is InChI=1S/C13H18N4OS2/c19-12(14-9-11-7-4-8-18-11)16-17-13(20)15-10-5-2-1-3-6-10/h2,4-5,7-8,10H,1,3,6,9H2,(H2,14,16,19)(H2,15,17,20). The van der Waals surface area contributed by atoms with Crippen LogP contribution in [0.5, 0.6) is 0 Å². The molecule has 5 nitrogen and oxygen atoms in total. The smallest absolute Gasteiger partial charge is 0.185 e. The van der Waals surface area contributed by atoms with E-state index in [1.54, 1.807) is 6.26 Å². The predicted octanol–water partition coefficient (Wildman–Crippen LogP) is 1.73. The molecule has 1 unspecified atom stereocenters. The van der Waals surface area contributed by atoms with Crippen LogP contribution >= 0.6 is 24.4 Å². The van der Waals surface area contributed by atoms with Gasteiger partial charge < -0.3 is 15.1 Å². The van der Waals surface area contributed by atoms with Crippen LogP contribution < -0.4 is 21.5 Å². The van der Waals surface area contributed by atoms with Crippen LogP contribution in [-0.4, -0.2) is 16.3 Å². The Balaban J connectivity index is 1.61. The number of hydrogen-bond donors (Lipinski definition) is 4. The summed E-state index contributed by atoms with van der Waals surface area (Å²) in [7, 11) is 0. The molecule has 108 valence electrons. The number of thiocarbonyl (C=S) groups is 2. The molecule has 1 aromatic heterocycles. The SMILES string of the molecule is S=C(NCc1ccco1)NNC(=S)NC1C=CCCC1. The molecule has 20 heavy (non-hydrogen) atoms. The quantitative estimate of drug-likeness (QED) is 0.385. The van der Waals surface area contributed by atoms with Crippen molar-refractivity contribution in [2.45, 2.75) is 31.8 Å². The first kappa shape index (κ1) is 14.8. The fourth-order valence-corrected chi connectivity index (χ4v) is 2.20. The van der Waals surface area contributed by atoms with Gasteiger partial charge in [0.1, 0.15) is 5.76 Å². The van der Waals surface area contributed by atoms with Gasteiger partial charge in [0.25, 0.3) is 0 Å². The first-order chi connectivity index (χ1) is 9.74. The van der Waals surface area contributed by atoms with Crippen LogP contribution in [0.15, 0.2) is 35.0 Å². The van der Waals surface area contributed by atoms with Crippen molar-refractivity contribution in [3.63, 3.8) is 0 Å². The summed E-state index contributed by atoms with van der Waals surface area (Å²) in [4.78, 5) is 0. The largest absolute Gasteiger partial charge is 0.467 e. The number of furan rings is 1. The van der Waals surface area contributed by atoms with Gasteiger partial charge in [-0.1, -0.05) is 12.2 Å². The van der Waals surface area contributed by atoms with Gasteiger partial charge in [0, 0.05) is 6.04 Å². The van der Waals surface area contributed by atoms with Crippen molar-refractivity contribution in [2.24, 2.45) is 0 Å². The maximum atomic E-state index is 5.19. The Hall–Kier alpha value is -1.60. The molecule has 0 radical (unpaired) electrons. The zero-order valence-electron chi connectivity index (χ0n) is 11.0. The molecule has 0 bridgehead atoms. The van der Waals surface area contributed by atoms with Crippen LogP contribution in [0.2, 0.25) is 0 Å². The van der Waals surface area contributed by atoms with Crippen molar-refractivity contribution < 1.29 is 4.42 Å². The van der Waals surface area contributed by atoms with Crippen LogP contribution in [-0.2, 0) is 6.54 Å². The van der Waals surface area contributed by atoms with Gasteiger partial charge in [0.2, 0.25) is 0 Å². The molecule has 0 fully saturated rings. The van der Waals surface area contributed by atoms with Crippen molar-refractivity contribution in [3.05, 3.63) is 36.3 Å². The molecule has 1 aromatic rings. The lowest BCUT2D eigenvalue weighted by Gasteiger charge is -2.20. The Kier molecular flexibility index (Phi) is 5.82. The molecule has 0 saturated heterocycles. The molecule has 0 amide bonds. The molecule has 0 spiro atoms. The molecule has 2 rings (SSSR count). The summed E-state index contributed by atoms with van der Waals surface area (Å²) in [5.74, 6) is 0.821. The van der Waals surface area contributed by atoms with Crippen LogP contribution in [0.4, 0.5) is 0 Å². The molecule has 4 N–H and O–H groups in total. The number of allylic oxidation sites excluding steroid dienone is 1. The zero-order chi connectivity index (χ0) is 14.2. The molecular weight excluding hydrogens is 292 g/mol. The molecule has 0 aromatic carbocycles. The normalized spacial score (nSPS) is 17.3. The minimum absolute atomic E-state index is 0.301. The Morgan fingerprint density at radius 1 is 1.30 bits per heavy atom. The molecule has 1 atom stereocenters. The Labute approximate surface area is 129 Å². The van der Waals surface area contributed by atoms with Crippen molar-refractivity contribution in [1.29, 1.82) is 0 Å². The first-order valence-electron chi connectivity index (χ1n) is 6.53. The highest BCUT2D eigenvalue weighted by molar-refractivity contribution is 7.80. The van der Waals surface area contributed by atoms with Crippen LogP contribution in [0.1, 0.15) is 25.0 Å². The second-order valence-electron chi connectivity index (χ2n) is 4.45. The summed E-state index contributed by atoms with van der Waals surface area (Å²) in [6.07, 6.45) is 9.38. The summed E-state index contributed by atoms with van der Waals surface area (Å²) in [6.45, 7) is 0.534. The van der Waals surface area contributed by atoms with Crippen LogP contribution in [0.3, 0.4) is 0 Å². The second kappa shape index (κ2) is 7.86. The van der Waals surface area contributed by atoms with E-state index in [-0.39, 0.29) is 0 Å². The fraction of sp³-hybridized carbons (Fsp3) is 0.385. The van der Waals surface area contributed by atoms with E-state index < -0.39 is 0 Å². The fourth-order valence-electron chi connectivity index (χ4n) is 1.88. The molecule has 0 aliphatic heterocycles. The molecular formula is C13H18N4OS2. The van der Waals surface area contributed by atoms with E-state index in [0.717, 1.165) is 18.6 Å². The van der Waals surface area contributed by atoms with Gasteiger partial charge in [0.15, 0.2) is 10.2 Å². The molecule has 7 heteroatoms. The van der Waals surface area contributed by atoms with E-state index in [1.165, 1.54) is 6.42 Å². The highest BCUT2D eigenvalue weighted by Crippen LogP contribution is 2.09. The monoisotopic (exact) mass is 310 g/mol. The van der Waals surface area contributed by atoms with Crippen molar-refractivity contribution in [1.82, 2.24) is 21.5 Å². The lowest BCUT2D eigenvalue weighted by Crippen LogP contribution is -2.52. The summed E-state index contributed by atoms with van der Waals surface area (Å²) in [5.41, 5.74) is 5.70. The van der Waals surface area contributed by atoms with E-state index in [0.29, 0.717) is 22.8 Å². The van der Waals surface area contributed by atoms with Crippen LogP contribution in [0, 0.1) is 0 Å². The van der Waals surface area contributed by atoms with Gasteiger partial charge in [-0.05, 0) is 55.8 Å². The number of hydrogen-bond acceptors (Lipinski definition) is 3. The van der Waals surface area contributed by atoms with Gasteiger partial charge in [-0.3, -0.25) is 10.9 Å². The lowest BCUT2D eigenvalue weighted by atomic mass is 10.0. The lowest BCUT2D eigenvalue weighted by molar-refractivity contribution is 0.502. The maximum Gasteiger partial charge on any atom is 0.185 e. The van der Waals surface area contributed by atoms with Gasteiger partial charge in [-0.2, -0.15) is 0 Å². The molecule has 1 aliphatic rings. The predicted molar refractivity (Wildman–Crippen MR) is 86.9 cm³/mol. The van der Waals surface area contributed by atoms with Crippen LogP contribution in [0.25, 0.3) is 0 Å². The second-order valence-corrected chi connectivity index (χ2v) is 5.27. The number of nitrogens with one attached hydrogen (secondary N) is 4. The summed E-state index contributed by atoms with van der Waals surface area (Å²) < 4.78 is 5.19. The topological polar surface area (TPSA) is 61.3 Å². The average Bonchev–Trinajstić information content (AvgIpc) is 2.97. The van der Waals surface area contributed by atoms with Crippen molar-refractivity contribution >= 4 is 34.7 Å². The minimum Gasteiger partial charge on any atom is -0.467 e. The molecule has 0 saturated carbocycles.